The molecule has 4 heteroatoms. The van der Waals surface area contributed by atoms with Crippen molar-refractivity contribution in [2.45, 2.75) is 18.9 Å². The summed E-state index contributed by atoms with van der Waals surface area (Å²) < 4.78 is 21.2. The second-order valence-electron chi connectivity index (χ2n) is 3.00. The molecule has 0 aromatic rings. The van der Waals surface area contributed by atoms with E-state index in [2.05, 4.69) is 0 Å². The normalized spacial score (nSPS) is 22.6. The van der Waals surface area contributed by atoms with E-state index < -0.39 is 15.9 Å². The van der Waals surface area contributed by atoms with Crippen LogP contribution in [-0.4, -0.2) is 31.6 Å². The van der Waals surface area contributed by atoms with Gasteiger partial charge < -0.3 is 5.11 Å². The predicted molar refractivity (Wildman–Crippen MR) is 38.4 cm³/mol. The lowest BCUT2D eigenvalue weighted by atomic mass is 10.3. The molecule has 3 nitrogen and oxygen atoms in total. The molecule has 1 fully saturated rings. The second-order valence-corrected chi connectivity index (χ2v) is 5.18. The minimum atomic E-state index is -2.98. The van der Waals surface area contributed by atoms with Crippen molar-refractivity contribution in [3.8, 4) is 0 Å². The summed E-state index contributed by atoms with van der Waals surface area (Å²) in [5, 5.41) is 9.15. The van der Waals surface area contributed by atoms with E-state index in [1.165, 1.54) is 0 Å². The van der Waals surface area contributed by atoms with Crippen molar-refractivity contribution in [2.24, 2.45) is 5.92 Å². The van der Waals surface area contributed by atoms with Gasteiger partial charge in [0.05, 0.1) is 11.9 Å². The third kappa shape index (κ3) is 2.66. The molecule has 0 radical (unpaired) electrons. The zero-order chi connectivity index (χ0) is 7.78. The van der Waals surface area contributed by atoms with Gasteiger partial charge in [-0.05, 0) is 18.8 Å². The van der Waals surface area contributed by atoms with Gasteiger partial charge in [0.15, 0.2) is 0 Å². The van der Waals surface area contributed by atoms with E-state index in [1.807, 2.05) is 0 Å². The quantitative estimate of drug-likeness (QED) is 0.628. The van der Waals surface area contributed by atoms with Gasteiger partial charge in [-0.2, -0.15) is 0 Å². The maximum absolute atomic E-state index is 10.6. The fraction of sp³-hybridized carbons (Fsp3) is 1.00. The average molecular weight is 164 g/mol. The van der Waals surface area contributed by atoms with E-state index in [0.29, 0.717) is 0 Å². The number of aliphatic hydroxyl groups excluding tert-OH is 1. The van der Waals surface area contributed by atoms with Crippen molar-refractivity contribution in [1.29, 1.82) is 0 Å². The first-order valence-electron chi connectivity index (χ1n) is 3.35. The van der Waals surface area contributed by atoms with E-state index in [4.69, 9.17) is 5.11 Å². The summed E-state index contributed by atoms with van der Waals surface area (Å²) in [5.74, 6) is 0.187. The number of hydrogen-bond donors (Lipinski definition) is 1. The lowest BCUT2D eigenvalue weighted by molar-refractivity contribution is 0.174. The topological polar surface area (TPSA) is 54.4 Å². The second kappa shape index (κ2) is 2.51. The van der Waals surface area contributed by atoms with Gasteiger partial charge in [-0.25, -0.2) is 8.42 Å². The zero-order valence-corrected chi connectivity index (χ0v) is 6.76. The molecule has 10 heavy (non-hydrogen) atoms. The van der Waals surface area contributed by atoms with Gasteiger partial charge in [0.2, 0.25) is 0 Å². The SMILES string of the molecule is CS(=O)(=O)C[C@@H](O)C1CC1. The van der Waals surface area contributed by atoms with Crippen molar-refractivity contribution >= 4 is 9.84 Å². The number of aliphatic hydroxyl groups is 1. The van der Waals surface area contributed by atoms with Crippen LogP contribution in [0.1, 0.15) is 12.8 Å². The third-order valence-corrected chi connectivity index (χ3v) is 2.59. The van der Waals surface area contributed by atoms with Gasteiger partial charge in [-0.15, -0.1) is 0 Å². The molecule has 1 N–H and O–H groups in total. The summed E-state index contributed by atoms with van der Waals surface area (Å²) in [4.78, 5) is 0. The van der Waals surface area contributed by atoms with Crippen LogP contribution in [0.25, 0.3) is 0 Å². The van der Waals surface area contributed by atoms with Gasteiger partial charge in [0.1, 0.15) is 9.84 Å². The first-order valence-corrected chi connectivity index (χ1v) is 5.41. The molecule has 0 aromatic heterocycles. The smallest absolute Gasteiger partial charge is 0.150 e. The molecule has 1 rings (SSSR count). The van der Waals surface area contributed by atoms with E-state index >= 15 is 0 Å². The predicted octanol–water partition coefficient (Wildman–Crippen LogP) is -0.198. The molecule has 0 heterocycles. The molecule has 1 saturated carbocycles. The van der Waals surface area contributed by atoms with Crippen LogP contribution in [0.2, 0.25) is 0 Å². The third-order valence-electron chi connectivity index (χ3n) is 1.64. The van der Waals surface area contributed by atoms with Gasteiger partial charge >= 0.3 is 0 Å². The summed E-state index contributed by atoms with van der Waals surface area (Å²) in [5.41, 5.74) is 0. The lowest BCUT2D eigenvalue weighted by Crippen LogP contribution is -2.21. The molecule has 0 amide bonds. The molecule has 0 unspecified atom stereocenters. The Morgan fingerprint density at radius 1 is 1.60 bits per heavy atom. The highest BCUT2D eigenvalue weighted by Gasteiger charge is 2.31. The van der Waals surface area contributed by atoms with E-state index in [0.717, 1.165) is 19.1 Å². The monoisotopic (exact) mass is 164 g/mol. The molecule has 1 aliphatic carbocycles. The highest BCUT2D eigenvalue weighted by Crippen LogP contribution is 2.32. The Morgan fingerprint density at radius 2 is 2.10 bits per heavy atom. The molecular weight excluding hydrogens is 152 g/mol. The molecule has 1 aliphatic rings. The largest absolute Gasteiger partial charge is 0.392 e. The lowest BCUT2D eigenvalue weighted by Gasteiger charge is -2.05. The van der Waals surface area contributed by atoms with Crippen LogP contribution in [0.5, 0.6) is 0 Å². The summed E-state index contributed by atoms with van der Waals surface area (Å²) in [6, 6.07) is 0. The Morgan fingerprint density at radius 3 is 2.40 bits per heavy atom. The standard InChI is InChI=1S/C6H12O3S/c1-10(8,9)4-6(7)5-2-3-5/h5-7H,2-4H2,1H3/t6-/m1/s1. The molecule has 0 saturated heterocycles. The molecule has 0 bridgehead atoms. The van der Waals surface area contributed by atoms with Crippen LogP contribution in [0.3, 0.4) is 0 Å². The van der Waals surface area contributed by atoms with Crippen molar-refractivity contribution in [3.05, 3.63) is 0 Å². The van der Waals surface area contributed by atoms with Crippen LogP contribution in [0, 0.1) is 5.92 Å². The van der Waals surface area contributed by atoms with Crippen LogP contribution in [-0.2, 0) is 9.84 Å². The zero-order valence-electron chi connectivity index (χ0n) is 5.95. The van der Waals surface area contributed by atoms with Crippen molar-refractivity contribution in [3.63, 3.8) is 0 Å². The van der Waals surface area contributed by atoms with Crippen LogP contribution in [0.15, 0.2) is 0 Å². The minimum absolute atomic E-state index is 0.0718. The summed E-state index contributed by atoms with van der Waals surface area (Å²) in [6.07, 6.45) is 2.50. The average Bonchev–Trinajstić information content (AvgIpc) is 2.35. The Hall–Kier alpha value is -0.0900. The summed E-state index contributed by atoms with van der Waals surface area (Å²) in [7, 11) is -2.98. The fourth-order valence-electron chi connectivity index (χ4n) is 0.927. The maximum atomic E-state index is 10.6. The Kier molecular flexibility index (Phi) is 2.01. The van der Waals surface area contributed by atoms with Crippen LogP contribution in [0.4, 0.5) is 0 Å². The first-order chi connectivity index (χ1) is 4.49. The van der Waals surface area contributed by atoms with Crippen molar-refractivity contribution in [1.82, 2.24) is 0 Å². The van der Waals surface area contributed by atoms with E-state index in [1.54, 1.807) is 0 Å². The highest BCUT2D eigenvalue weighted by molar-refractivity contribution is 7.90. The van der Waals surface area contributed by atoms with E-state index in [9.17, 15) is 8.42 Å². The fourth-order valence-corrected chi connectivity index (χ4v) is 1.82. The van der Waals surface area contributed by atoms with Crippen LogP contribution < -0.4 is 0 Å². The highest BCUT2D eigenvalue weighted by atomic mass is 32.2. The number of hydrogen-bond acceptors (Lipinski definition) is 3. The van der Waals surface area contributed by atoms with Gasteiger partial charge in [0, 0.05) is 6.26 Å². The maximum Gasteiger partial charge on any atom is 0.150 e. The Labute approximate surface area is 61.0 Å². The molecular formula is C6H12O3S. The number of rotatable bonds is 3. The van der Waals surface area contributed by atoms with Crippen LogP contribution >= 0.6 is 0 Å². The summed E-state index contributed by atoms with van der Waals surface area (Å²) in [6.45, 7) is 0. The molecule has 1 atom stereocenters. The Balaban J connectivity index is 2.37. The summed E-state index contributed by atoms with van der Waals surface area (Å²) >= 11 is 0. The van der Waals surface area contributed by atoms with Crippen molar-refractivity contribution < 1.29 is 13.5 Å². The molecule has 60 valence electrons. The Bertz CT molecular complexity index is 203. The number of sulfone groups is 1. The minimum Gasteiger partial charge on any atom is -0.392 e. The van der Waals surface area contributed by atoms with Crippen molar-refractivity contribution in [2.75, 3.05) is 12.0 Å². The molecule has 0 spiro atoms. The van der Waals surface area contributed by atoms with E-state index in [-0.39, 0.29) is 11.7 Å². The molecule has 0 aliphatic heterocycles. The van der Waals surface area contributed by atoms with Gasteiger partial charge in [0.25, 0.3) is 0 Å². The van der Waals surface area contributed by atoms with Gasteiger partial charge in [-0.3, -0.25) is 0 Å². The molecule has 0 aromatic carbocycles. The van der Waals surface area contributed by atoms with Gasteiger partial charge in [-0.1, -0.05) is 0 Å². The first kappa shape index (κ1) is 8.01.